The first-order valence-electron chi connectivity index (χ1n) is 14.3. The molecule has 4 heterocycles. The van der Waals surface area contributed by atoms with Gasteiger partial charge in [0.15, 0.2) is 6.29 Å². The normalized spacial score (nSPS) is 22.4. The van der Waals surface area contributed by atoms with Gasteiger partial charge in [-0.1, -0.05) is 30.3 Å². The molecule has 9 heteroatoms. The molecule has 2 fully saturated rings. The van der Waals surface area contributed by atoms with Crippen molar-refractivity contribution in [2.24, 2.45) is 0 Å². The van der Waals surface area contributed by atoms with E-state index in [0.717, 1.165) is 43.7 Å². The number of aliphatic carboxylic acids is 1. The van der Waals surface area contributed by atoms with Crippen LogP contribution in [0.2, 0.25) is 0 Å². The van der Waals surface area contributed by atoms with Crippen molar-refractivity contribution >= 4 is 11.8 Å². The van der Waals surface area contributed by atoms with E-state index < -0.39 is 24.0 Å². The van der Waals surface area contributed by atoms with Crippen LogP contribution in [0.3, 0.4) is 0 Å². The van der Waals surface area contributed by atoms with Crippen LogP contribution in [0.5, 0.6) is 0 Å². The number of anilines is 1. The number of rotatable bonds is 12. The fourth-order valence-electron chi connectivity index (χ4n) is 6.14. The quantitative estimate of drug-likeness (QED) is 0.331. The Kier molecular flexibility index (Phi) is 9.10. The molecule has 5 rings (SSSR count). The first-order chi connectivity index (χ1) is 18.9. The van der Waals surface area contributed by atoms with Crippen molar-refractivity contribution < 1.29 is 28.2 Å². The Hall–Kier alpha value is -2.62. The summed E-state index contributed by atoms with van der Waals surface area (Å²) in [5.41, 5.74) is 3.34. The van der Waals surface area contributed by atoms with Gasteiger partial charge in [0.2, 0.25) is 0 Å². The van der Waals surface area contributed by atoms with Gasteiger partial charge in [0.05, 0.1) is 12.6 Å². The third kappa shape index (κ3) is 6.76. The van der Waals surface area contributed by atoms with Gasteiger partial charge in [-0.25, -0.2) is 13.8 Å². The van der Waals surface area contributed by atoms with Crippen molar-refractivity contribution in [3.05, 3.63) is 58.8 Å². The number of hydrogen-bond donors (Lipinski definition) is 2. The summed E-state index contributed by atoms with van der Waals surface area (Å²) in [4.78, 5) is 18.7. The van der Waals surface area contributed by atoms with Gasteiger partial charge in [-0.3, -0.25) is 9.69 Å². The maximum atomic E-state index is 15.6. The number of ether oxygens (including phenoxy) is 2. The third-order valence-electron chi connectivity index (χ3n) is 8.15. The Balaban J connectivity index is 1.22. The van der Waals surface area contributed by atoms with Gasteiger partial charge < -0.3 is 19.9 Å². The number of pyridine rings is 1. The summed E-state index contributed by atoms with van der Waals surface area (Å²) >= 11 is 0. The number of alkyl halides is 2. The van der Waals surface area contributed by atoms with E-state index in [0.29, 0.717) is 50.0 Å². The summed E-state index contributed by atoms with van der Waals surface area (Å²) in [6, 6.07) is 8.94. The van der Waals surface area contributed by atoms with Gasteiger partial charge in [-0.2, -0.15) is 0 Å². The summed E-state index contributed by atoms with van der Waals surface area (Å²) < 4.78 is 42.6. The van der Waals surface area contributed by atoms with Crippen LogP contribution in [-0.4, -0.2) is 58.9 Å². The van der Waals surface area contributed by atoms with Gasteiger partial charge in [0, 0.05) is 31.7 Å². The molecule has 39 heavy (non-hydrogen) atoms. The van der Waals surface area contributed by atoms with E-state index in [1.165, 1.54) is 10.5 Å². The van der Waals surface area contributed by atoms with Gasteiger partial charge in [-0.15, -0.1) is 0 Å². The summed E-state index contributed by atoms with van der Waals surface area (Å²) in [7, 11) is 0. The molecule has 1 aromatic carbocycles. The number of aromatic nitrogens is 1. The van der Waals surface area contributed by atoms with E-state index in [1.54, 1.807) is 12.1 Å². The van der Waals surface area contributed by atoms with E-state index >= 15 is 8.78 Å². The van der Waals surface area contributed by atoms with E-state index in [4.69, 9.17) is 9.47 Å². The molecule has 0 spiro atoms. The van der Waals surface area contributed by atoms with Gasteiger partial charge in [0.25, 0.3) is 5.92 Å². The lowest BCUT2D eigenvalue weighted by atomic mass is 9.95. The molecule has 0 radical (unpaired) electrons. The number of fused-ring (bicyclic) bond motifs is 1. The van der Waals surface area contributed by atoms with Crippen LogP contribution in [-0.2, 0) is 33.7 Å². The van der Waals surface area contributed by atoms with E-state index in [-0.39, 0.29) is 25.7 Å². The number of carbonyl (C=O) groups is 1. The zero-order valence-corrected chi connectivity index (χ0v) is 22.4. The number of carboxylic acids is 1. The first-order valence-corrected chi connectivity index (χ1v) is 14.3. The molecular formula is C30H39F2N3O4. The largest absolute Gasteiger partial charge is 0.480 e. The number of aryl methyl sites for hydroxylation is 2. The lowest BCUT2D eigenvalue weighted by Gasteiger charge is -2.36. The molecule has 2 aromatic rings. The second kappa shape index (κ2) is 12.7. The lowest BCUT2D eigenvalue weighted by Crippen LogP contribution is -2.47. The second-order valence-corrected chi connectivity index (χ2v) is 10.9. The molecule has 1 unspecified atom stereocenters. The Morgan fingerprint density at radius 2 is 2.05 bits per heavy atom. The highest BCUT2D eigenvalue weighted by atomic mass is 19.3. The van der Waals surface area contributed by atoms with Gasteiger partial charge in [0.1, 0.15) is 11.9 Å². The summed E-state index contributed by atoms with van der Waals surface area (Å²) in [6.07, 6.45) is 5.70. The smallest absolute Gasteiger partial charge is 0.325 e. The molecule has 3 aliphatic rings. The Labute approximate surface area is 228 Å². The van der Waals surface area contributed by atoms with Crippen molar-refractivity contribution in [1.82, 2.24) is 9.88 Å². The van der Waals surface area contributed by atoms with Gasteiger partial charge >= 0.3 is 5.97 Å². The average molecular weight is 544 g/mol. The van der Waals surface area contributed by atoms with Crippen molar-refractivity contribution in [1.29, 1.82) is 0 Å². The minimum Gasteiger partial charge on any atom is -0.480 e. The molecule has 1 aromatic heterocycles. The maximum absolute atomic E-state index is 15.6. The van der Waals surface area contributed by atoms with Crippen molar-refractivity contribution in [3.63, 3.8) is 0 Å². The second-order valence-electron chi connectivity index (χ2n) is 10.9. The molecule has 2 N–H and O–H groups in total. The number of benzene rings is 1. The first kappa shape index (κ1) is 27.9. The predicted octanol–water partition coefficient (Wildman–Crippen LogP) is 5.73. The van der Waals surface area contributed by atoms with E-state index in [2.05, 4.69) is 16.4 Å². The van der Waals surface area contributed by atoms with Crippen molar-refractivity contribution in [2.75, 3.05) is 25.0 Å². The van der Waals surface area contributed by atoms with Gasteiger partial charge in [-0.05, 0) is 80.7 Å². The van der Waals surface area contributed by atoms with Crippen LogP contribution in [0.25, 0.3) is 0 Å². The average Bonchev–Trinajstić information content (AvgIpc) is 3.64. The van der Waals surface area contributed by atoms with E-state index in [9.17, 15) is 9.90 Å². The molecule has 0 aliphatic carbocycles. The zero-order valence-electron chi connectivity index (χ0n) is 22.4. The molecule has 2 saturated heterocycles. The topological polar surface area (TPSA) is 83.9 Å². The summed E-state index contributed by atoms with van der Waals surface area (Å²) in [6.45, 7) is 2.07. The van der Waals surface area contributed by atoms with Crippen LogP contribution in [0.15, 0.2) is 36.4 Å². The molecule has 0 bridgehead atoms. The van der Waals surface area contributed by atoms with Crippen LogP contribution in [0.4, 0.5) is 14.6 Å². The third-order valence-corrected chi connectivity index (χ3v) is 8.15. The Morgan fingerprint density at radius 1 is 1.18 bits per heavy atom. The fourth-order valence-corrected chi connectivity index (χ4v) is 6.14. The molecule has 3 aliphatic heterocycles. The highest BCUT2D eigenvalue weighted by Gasteiger charge is 2.49. The van der Waals surface area contributed by atoms with Crippen LogP contribution in [0, 0.1) is 0 Å². The molecule has 0 saturated carbocycles. The molecule has 7 nitrogen and oxygen atoms in total. The number of unbranched alkanes of at least 4 members (excludes halogenated alkanes) is 1. The monoisotopic (exact) mass is 543 g/mol. The van der Waals surface area contributed by atoms with Crippen LogP contribution < -0.4 is 5.32 Å². The fraction of sp³-hybridized carbons (Fsp3) is 0.600. The zero-order chi connectivity index (χ0) is 27.2. The highest BCUT2D eigenvalue weighted by Crippen LogP contribution is 2.41. The van der Waals surface area contributed by atoms with Crippen molar-refractivity contribution in [3.8, 4) is 0 Å². The molecular weight excluding hydrogens is 504 g/mol. The molecule has 212 valence electrons. The Morgan fingerprint density at radius 3 is 2.87 bits per heavy atom. The summed E-state index contributed by atoms with van der Waals surface area (Å²) in [5, 5.41) is 13.6. The van der Waals surface area contributed by atoms with Crippen molar-refractivity contribution in [2.45, 2.75) is 95.1 Å². The standard InChI is InChI=1S/C30H39F2N3O4/c31-30(32,16-4-3-10-23-15-14-21-9-5-17-33-28(21)34-23)25-12-6-18-35(25)27(29(36)37)24-11-2-1-8-22(24)20-39-26-13-7-19-38-26/h1-2,8,11,14-15,25-27H,3-7,9-10,12-13,16-20H2,(H,33,34)(H,36,37)/t25-,26-,27?/m1/s1. The lowest BCUT2D eigenvalue weighted by molar-refractivity contribution is -0.149. The number of nitrogens with one attached hydrogen (secondary N) is 1. The Bertz CT molecular complexity index is 1130. The number of hydrogen-bond acceptors (Lipinski definition) is 6. The SMILES string of the molecule is O=C(O)C(c1ccccc1CO[C@@H]1CCCO1)N1CCC[C@@H]1C(F)(F)CCCCc1ccc2c(n1)NCCC2. The van der Waals surface area contributed by atoms with E-state index in [1.807, 2.05) is 18.2 Å². The maximum Gasteiger partial charge on any atom is 0.325 e. The number of likely N-dealkylation sites (tertiary alicyclic amines) is 1. The summed E-state index contributed by atoms with van der Waals surface area (Å²) in [5.74, 6) is -3.18. The number of nitrogens with zero attached hydrogens (tertiary/aromatic N) is 2. The van der Waals surface area contributed by atoms with Crippen LogP contribution >= 0.6 is 0 Å². The minimum atomic E-state index is -2.99. The number of carboxylic acid groups (broad SMARTS) is 1. The predicted molar refractivity (Wildman–Crippen MR) is 144 cm³/mol. The molecule has 0 amide bonds. The minimum absolute atomic E-state index is 0.186. The molecule has 3 atom stereocenters. The number of halogens is 2. The van der Waals surface area contributed by atoms with Crippen LogP contribution in [0.1, 0.15) is 79.8 Å². The highest BCUT2D eigenvalue weighted by molar-refractivity contribution is 5.76.